The second-order valence-corrected chi connectivity index (χ2v) is 5.78. The van der Waals surface area contributed by atoms with Crippen molar-refractivity contribution < 1.29 is 9.59 Å². The van der Waals surface area contributed by atoms with Crippen molar-refractivity contribution in [1.82, 2.24) is 0 Å². The second kappa shape index (κ2) is 4.14. The first-order valence-corrected chi connectivity index (χ1v) is 6.85. The van der Waals surface area contributed by atoms with E-state index in [2.05, 4.69) is 31.9 Å². The maximum Gasteiger partial charge on any atom is 0.234 e. The minimum atomic E-state index is -0.443. The van der Waals surface area contributed by atoms with Gasteiger partial charge in [-0.2, -0.15) is 0 Å². The molecule has 0 saturated heterocycles. The highest BCUT2D eigenvalue weighted by atomic mass is 79.9. The van der Waals surface area contributed by atoms with E-state index in [1.807, 2.05) is 12.1 Å². The summed E-state index contributed by atoms with van der Waals surface area (Å²) < 4.78 is 1.70. The Balaban J connectivity index is 2.45. The van der Waals surface area contributed by atoms with Crippen LogP contribution in [0.15, 0.2) is 45.3 Å². The lowest BCUT2D eigenvalue weighted by atomic mass is 9.84. The first kappa shape index (κ1) is 11.8. The quantitative estimate of drug-likeness (QED) is 0.654. The van der Waals surface area contributed by atoms with E-state index in [9.17, 15) is 9.59 Å². The zero-order valence-corrected chi connectivity index (χ0v) is 12.2. The maximum absolute atomic E-state index is 12.0. The molecule has 0 bridgehead atoms. The molecule has 88 valence electrons. The van der Waals surface area contributed by atoms with Crippen molar-refractivity contribution in [3.05, 3.63) is 56.5 Å². The first-order valence-electron chi connectivity index (χ1n) is 5.27. The molecule has 0 atom stereocenters. The molecule has 0 amide bonds. The van der Waals surface area contributed by atoms with E-state index >= 15 is 0 Å². The van der Waals surface area contributed by atoms with Crippen LogP contribution < -0.4 is 0 Å². The average Bonchev–Trinajstić information content (AvgIpc) is 2.35. The van der Waals surface area contributed by atoms with Crippen LogP contribution in [-0.2, 0) is 0 Å². The summed E-state index contributed by atoms with van der Waals surface area (Å²) in [5, 5.41) is 0. The molecule has 1 aliphatic rings. The molecule has 2 aromatic rings. The van der Waals surface area contributed by atoms with Gasteiger partial charge in [0.1, 0.15) is 0 Å². The SMILES string of the molecule is O=C1C(=O)c2cccc(Br)c2-c2cc(Br)ccc21. The Labute approximate surface area is 120 Å². The fourth-order valence-electron chi connectivity index (χ4n) is 2.15. The van der Waals surface area contributed by atoms with Gasteiger partial charge in [0.2, 0.25) is 11.6 Å². The molecular weight excluding hydrogens is 360 g/mol. The number of ketones is 2. The van der Waals surface area contributed by atoms with Gasteiger partial charge in [0.25, 0.3) is 0 Å². The number of rotatable bonds is 0. The highest BCUT2D eigenvalue weighted by molar-refractivity contribution is 9.10. The van der Waals surface area contributed by atoms with Crippen molar-refractivity contribution in [2.75, 3.05) is 0 Å². The van der Waals surface area contributed by atoms with E-state index in [0.717, 1.165) is 20.1 Å². The van der Waals surface area contributed by atoms with Crippen LogP contribution in [0.2, 0.25) is 0 Å². The molecule has 0 aromatic heterocycles. The summed E-state index contributed by atoms with van der Waals surface area (Å²) in [5.41, 5.74) is 2.50. The van der Waals surface area contributed by atoms with Gasteiger partial charge in [-0.3, -0.25) is 9.59 Å². The third-order valence-corrected chi connectivity index (χ3v) is 4.11. The molecule has 0 fully saturated rings. The Morgan fingerprint density at radius 3 is 2.28 bits per heavy atom. The van der Waals surface area contributed by atoms with Gasteiger partial charge in [0.05, 0.1) is 0 Å². The summed E-state index contributed by atoms with van der Waals surface area (Å²) in [6.45, 7) is 0. The molecule has 0 N–H and O–H groups in total. The number of carbonyl (C=O) groups excluding carboxylic acids is 2. The van der Waals surface area contributed by atoms with Gasteiger partial charge in [-0.05, 0) is 29.8 Å². The van der Waals surface area contributed by atoms with Crippen LogP contribution in [0, 0.1) is 0 Å². The average molecular weight is 366 g/mol. The Morgan fingerprint density at radius 2 is 1.50 bits per heavy atom. The van der Waals surface area contributed by atoms with E-state index in [-0.39, 0.29) is 0 Å². The third-order valence-electron chi connectivity index (χ3n) is 2.96. The number of hydrogen-bond acceptors (Lipinski definition) is 2. The number of fused-ring (bicyclic) bond motifs is 3. The van der Waals surface area contributed by atoms with Gasteiger partial charge in [-0.15, -0.1) is 0 Å². The van der Waals surface area contributed by atoms with Crippen molar-refractivity contribution in [1.29, 1.82) is 0 Å². The number of carbonyl (C=O) groups is 2. The fraction of sp³-hybridized carbons (Fsp3) is 0. The Bertz CT molecular complexity index is 705. The van der Waals surface area contributed by atoms with Crippen molar-refractivity contribution in [2.45, 2.75) is 0 Å². The third kappa shape index (κ3) is 1.60. The molecule has 3 rings (SSSR count). The van der Waals surface area contributed by atoms with Crippen LogP contribution in [0.25, 0.3) is 11.1 Å². The summed E-state index contributed by atoms with van der Waals surface area (Å²) in [6, 6.07) is 10.6. The summed E-state index contributed by atoms with van der Waals surface area (Å²) in [6.07, 6.45) is 0. The van der Waals surface area contributed by atoms with E-state index in [1.165, 1.54) is 0 Å². The van der Waals surface area contributed by atoms with Gasteiger partial charge in [0.15, 0.2) is 0 Å². The highest BCUT2D eigenvalue weighted by Gasteiger charge is 2.31. The smallest absolute Gasteiger partial charge is 0.234 e. The topological polar surface area (TPSA) is 34.1 Å². The predicted molar refractivity (Wildman–Crippen MR) is 75.9 cm³/mol. The summed E-state index contributed by atoms with van der Waals surface area (Å²) in [7, 11) is 0. The minimum absolute atomic E-state index is 0.442. The van der Waals surface area contributed by atoms with Crippen LogP contribution in [0.1, 0.15) is 20.7 Å². The molecule has 18 heavy (non-hydrogen) atoms. The van der Waals surface area contributed by atoms with Crippen LogP contribution in [-0.4, -0.2) is 11.6 Å². The zero-order valence-electron chi connectivity index (χ0n) is 9.04. The van der Waals surface area contributed by atoms with E-state index in [1.54, 1.807) is 24.3 Å². The van der Waals surface area contributed by atoms with E-state index in [4.69, 9.17) is 0 Å². The molecule has 0 spiro atoms. The normalized spacial score (nSPS) is 13.2. The molecule has 2 nitrogen and oxygen atoms in total. The van der Waals surface area contributed by atoms with Crippen molar-refractivity contribution in [2.24, 2.45) is 0 Å². The van der Waals surface area contributed by atoms with Crippen molar-refractivity contribution in [3.63, 3.8) is 0 Å². The lowest BCUT2D eigenvalue weighted by molar-refractivity contribution is 0.0815. The van der Waals surface area contributed by atoms with Gasteiger partial charge < -0.3 is 0 Å². The summed E-state index contributed by atoms with van der Waals surface area (Å²) >= 11 is 6.84. The van der Waals surface area contributed by atoms with Crippen molar-refractivity contribution in [3.8, 4) is 11.1 Å². The van der Waals surface area contributed by atoms with Gasteiger partial charge in [0, 0.05) is 25.6 Å². The Hall–Kier alpha value is -1.26. The minimum Gasteiger partial charge on any atom is -0.285 e. The number of benzene rings is 2. The maximum atomic E-state index is 12.0. The Kier molecular flexibility index (Phi) is 2.72. The largest absolute Gasteiger partial charge is 0.285 e. The lowest BCUT2D eigenvalue weighted by Gasteiger charge is -2.19. The molecule has 0 saturated carbocycles. The molecule has 1 aliphatic carbocycles. The summed E-state index contributed by atoms with van der Waals surface area (Å²) in [5.74, 6) is -0.885. The molecule has 0 aliphatic heterocycles. The molecule has 0 unspecified atom stereocenters. The fourth-order valence-corrected chi connectivity index (χ4v) is 3.09. The standard InChI is InChI=1S/C14H6Br2O2/c15-7-4-5-8-10(6-7)12-9(14(18)13(8)17)2-1-3-11(12)16/h1-6H. The van der Waals surface area contributed by atoms with Gasteiger partial charge >= 0.3 is 0 Å². The van der Waals surface area contributed by atoms with Gasteiger partial charge in [-0.25, -0.2) is 0 Å². The number of hydrogen-bond donors (Lipinski definition) is 0. The van der Waals surface area contributed by atoms with Crippen molar-refractivity contribution >= 4 is 43.4 Å². The molecule has 2 aromatic carbocycles. The molecule has 4 heteroatoms. The second-order valence-electron chi connectivity index (χ2n) is 4.01. The number of Topliss-reactive ketones (excluding diaryl/α,β-unsaturated/α-hetero) is 2. The van der Waals surface area contributed by atoms with E-state index < -0.39 is 11.6 Å². The first-order chi connectivity index (χ1) is 8.59. The van der Waals surface area contributed by atoms with Crippen LogP contribution >= 0.6 is 31.9 Å². The zero-order chi connectivity index (χ0) is 12.9. The summed E-state index contributed by atoms with van der Waals surface area (Å²) in [4.78, 5) is 24.1. The molecular formula is C14H6Br2O2. The molecule has 0 heterocycles. The van der Waals surface area contributed by atoms with Crippen LogP contribution in [0.5, 0.6) is 0 Å². The monoisotopic (exact) mass is 364 g/mol. The lowest BCUT2D eigenvalue weighted by Crippen LogP contribution is -2.21. The highest BCUT2D eigenvalue weighted by Crippen LogP contribution is 2.39. The predicted octanol–water partition coefficient (Wildman–Crippen LogP) is 4.26. The number of halogens is 2. The van der Waals surface area contributed by atoms with E-state index in [0.29, 0.717) is 11.1 Å². The molecule has 0 radical (unpaired) electrons. The van der Waals surface area contributed by atoms with Crippen LogP contribution in [0.4, 0.5) is 0 Å². The Morgan fingerprint density at radius 1 is 0.778 bits per heavy atom. The van der Waals surface area contributed by atoms with Gasteiger partial charge in [-0.1, -0.05) is 44.0 Å². The van der Waals surface area contributed by atoms with Crippen LogP contribution in [0.3, 0.4) is 0 Å².